The van der Waals surface area contributed by atoms with Crippen LogP contribution in [0.25, 0.3) is 11.4 Å². The standard InChI is InChI=1S/C19H20BrN5O4S/c1-27-14-8-11(9-15(28-2)17(14)29-3)18-23-24-19(25(18)21)30-10-16(26)22-13-7-5-4-6-12(13)20/h4-9H,10,21H2,1-3H3,(H,22,26). The van der Waals surface area contributed by atoms with Gasteiger partial charge in [0.25, 0.3) is 0 Å². The number of carbonyl (C=O) groups excluding carboxylic acids is 1. The summed E-state index contributed by atoms with van der Waals surface area (Å²) in [4.78, 5) is 12.3. The molecule has 0 aliphatic heterocycles. The molecule has 0 saturated carbocycles. The van der Waals surface area contributed by atoms with Gasteiger partial charge in [0.05, 0.1) is 32.8 Å². The number of nitrogens with one attached hydrogen (secondary N) is 1. The van der Waals surface area contributed by atoms with Crippen molar-refractivity contribution in [2.24, 2.45) is 0 Å². The van der Waals surface area contributed by atoms with Gasteiger partial charge in [0, 0.05) is 10.0 Å². The van der Waals surface area contributed by atoms with Crippen molar-refractivity contribution in [1.29, 1.82) is 0 Å². The van der Waals surface area contributed by atoms with E-state index in [4.69, 9.17) is 20.1 Å². The van der Waals surface area contributed by atoms with Crippen molar-refractivity contribution in [3.05, 3.63) is 40.9 Å². The highest BCUT2D eigenvalue weighted by atomic mass is 79.9. The lowest BCUT2D eigenvalue weighted by atomic mass is 10.1. The Morgan fingerprint density at radius 1 is 1.13 bits per heavy atom. The van der Waals surface area contributed by atoms with E-state index >= 15 is 0 Å². The molecule has 0 saturated heterocycles. The van der Waals surface area contributed by atoms with Crippen LogP contribution in [0.3, 0.4) is 0 Å². The molecule has 0 spiro atoms. The van der Waals surface area contributed by atoms with Gasteiger partial charge in [0.15, 0.2) is 17.3 Å². The molecular formula is C19H20BrN5O4S. The number of methoxy groups -OCH3 is 3. The summed E-state index contributed by atoms with van der Waals surface area (Å²) in [5, 5.41) is 11.5. The molecule has 1 heterocycles. The van der Waals surface area contributed by atoms with Crippen LogP contribution in [0.15, 0.2) is 46.0 Å². The molecule has 0 aliphatic rings. The molecule has 3 rings (SSSR count). The minimum atomic E-state index is -0.191. The predicted molar refractivity (Wildman–Crippen MR) is 119 cm³/mol. The van der Waals surface area contributed by atoms with Crippen LogP contribution in [0.2, 0.25) is 0 Å². The molecule has 0 fully saturated rings. The van der Waals surface area contributed by atoms with E-state index in [0.717, 1.165) is 4.47 Å². The Morgan fingerprint density at radius 3 is 2.40 bits per heavy atom. The molecule has 158 valence electrons. The van der Waals surface area contributed by atoms with Gasteiger partial charge in [-0.2, -0.15) is 0 Å². The van der Waals surface area contributed by atoms with Crippen LogP contribution < -0.4 is 25.4 Å². The normalized spacial score (nSPS) is 10.5. The minimum Gasteiger partial charge on any atom is -0.493 e. The molecule has 0 bridgehead atoms. The smallest absolute Gasteiger partial charge is 0.234 e. The number of nitrogens with two attached hydrogens (primary N) is 1. The van der Waals surface area contributed by atoms with Crippen molar-refractivity contribution in [3.8, 4) is 28.6 Å². The van der Waals surface area contributed by atoms with Crippen LogP contribution in [-0.4, -0.2) is 47.9 Å². The fourth-order valence-electron chi connectivity index (χ4n) is 2.66. The first-order valence-corrected chi connectivity index (χ1v) is 10.4. The number of anilines is 1. The highest BCUT2D eigenvalue weighted by Gasteiger charge is 2.19. The highest BCUT2D eigenvalue weighted by Crippen LogP contribution is 2.40. The van der Waals surface area contributed by atoms with Gasteiger partial charge in [-0.1, -0.05) is 23.9 Å². The van der Waals surface area contributed by atoms with Crippen molar-refractivity contribution in [3.63, 3.8) is 0 Å². The Hall–Kier alpha value is -2.92. The third-order valence-electron chi connectivity index (χ3n) is 4.07. The number of nitrogens with zero attached hydrogens (tertiary/aromatic N) is 3. The van der Waals surface area contributed by atoms with Crippen LogP contribution in [0.1, 0.15) is 0 Å². The number of hydrogen-bond acceptors (Lipinski definition) is 8. The predicted octanol–water partition coefficient (Wildman–Crippen LogP) is 3.18. The highest BCUT2D eigenvalue weighted by molar-refractivity contribution is 9.10. The van der Waals surface area contributed by atoms with E-state index in [1.165, 1.54) is 37.8 Å². The summed E-state index contributed by atoms with van der Waals surface area (Å²) in [5.41, 5.74) is 1.32. The van der Waals surface area contributed by atoms with Gasteiger partial charge in [0.2, 0.25) is 16.8 Å². The lowest BCUT2D eigenvalue weighted by Crippen LogP contribution is -2.16. The molecule has 0 unspecified atom stereocenters. The van der Waals surface area contributed by atoms with E-state index in [1.807, 2.05) is 18.2 Å². The van der Waals surface area contributed by atoms with E-state index in [-0.39, 0.29) is 11.7 Å². The first kappa shape index (κ1) is 21.8. The van der Waals surface area contributed by atoms with Crippen LogP contribution in [-0.2, 0) is 4.79 Å². The molecule has 1 aromatic heterocycles. The first-order chi connectivity index (χ1) is 14.5. The molecule has 30 heavy (non-hydrogen) atoms. The first-order valence-electron chi connectivity index (χ1n) is 8.66. The van der Waals surface area contributed by atoms with E-state index in [9.17, 15) is 4.79 Å². The Labute approximate surface area is 186 Å². The van der Waals surface area contributed by atoms with Crippen LogP contribution in [0, 0.1) is 0 Å². The Kier molecular flexibility index (Phi) is 7.06. The monoisotopic (exact) mass is 493 g/mol. The van der Waals surface area contributed by atoms with Gasteiger partial charge in [0.1, 0.15) is 0 Å². The number of benzene rings is 2. The fourth-order valence-corrected chi connectivity index (χ4v) is 3.70. The van der Waals surface area contributed by atoms with Crippen molar-refractivity contribution in [2.75, 3.05) is 38.2 Å². The molecule has 0 atom stereocenters. The summed E-state index contributed by atoms with van der Waals surface area (Å²) in [6.07, 6.45) is 0. The summed E-state index contributed by atoms with van der Waals surface area (Å²) in [7, 11) is 4.58. The maximum atomic E-state index is 12.3. The Morgan fingerprint density at radius 2 is 1.80 bits per heavy atom. The number of para-hydroxylation sites is 1. The maximum Gasteiger partial charge on any atom is 0.234 e. The molecule has 11 heteroatoms. The zero-order valence-corrected chi connectivity index (χ0v) is 18.9. The number of thioether (sulfide) groups is 1. The van der Waals surface area contributed by atoms with E-state index in [2.05, 4.69) is 31.4 Å². The number of amides is 1. The SMILES string of the molecule is COc1cc(-c2nnc(SCC(=O)Nc3ccccc3Br)n2N)cc(OC)c1OC. The number of carbonyl (C=O) groups is 1. The van der Waals surface area contributed by atoms with E-state index in [1.54, 1.807) is 18.2 Å². The minimum absolute atomic E-state index is 0.117. The summed E-state index contributed by atoms with van der Waals surface area (Å²) >= 11 is 4.57. The topological polar surface area (TPSA) is 114 Å². The molecule has 0 aliphatic carbocycles. The average Bonchev–Trinajstić information content (AvgIpc) is 3.13. The van der Waals surface area contributed by atoms with Crippen LogP contribution in [0.5, 0.6) is 17.2 Å². The largest absolute Gasteiger partial charge is 0.493 e. The number of rotatable bonds is 8. The summed E-state index contributed by atoms with van der Waals surface area (Å²) in [6, 6.07) is 10.8. The van der Waals surface area contributed by atoms with Crippen molar-refractivity contribution in [1.82, 2.24) is 14.9 Å². The summed E-state index contributed by atoms with van der Waals surface area (Å²) in [6.45, 7) is 0. The lowest BCUT2D eigenvalue weighted by molar-refractivity contribution is -0.113. The molecule has 1 amide bonds. The number of halogens is 1. The molecule has 3 aromatic rings. The maximum absolute atomic E-state index is 12.3. The van der Waals surface area contributed by atoms with Gasteiger partial charge in [-0.05, 0) is 40.2 Å². The molecular weight excluding hydrogens is 474 g/mol. The van der Waals surface area contributed by atoms with Gasteiger partial charge < -0.3 is 25.4 Å². The summed E-state index contributed by atoms with van der Waals surface area (Å²) in [5.74, 6) is 7.89. The second-order valence-electron chi connectivity index (χ2n) is 5.91. The van der Waals surface area contributed by atoms with Crippen LogP contribution >= 0.6 is 27.7 Å². The zero-order valence-electron chi connectivity index (χ0n) is 16.5. The van der Waals surface area contributed by atoms with Crippen LogP contribution in [0.4, 0.5) is 5.69 Å². The summed E-state index contributed by atoms with van der Waals surface area (Å²) < 4.78 is 18.2. The fraction of sp³-hybridized carbons (Fsp3) is 0.211. The van der Waals surface area contributed by atoms with Crippen molar-refractivity contribution in [2.45, 2.75) is 5.16 Å². The van der Waals surface area contributed by atoms with Gasteiger partial charge in [-0.25, -0.2) is 4.68 Å². The Bertz CT molecular complexity index is 1030. The number of ether oxygens (including phenoxy) is 3. The van der Waals surface area contributed by atoms with Crippen molar-refractivity contribution >= 4 is 39.3 Å². The van der Waals surface area contributed by atoms with Gasteiger partial charge in [-0.3, -0.25) is 4.79 Å². The average molecular weight is 494 g/mol. The lowest BCUT2D eigenvalue weighted by Gasteiger charge is -2.13. The molecule has 2 aromatic carbocycles. The number of hydrogen-bond donors (Lipinski definition) is 2. The second-order valence-corrected chi connectivity index (χ2v) is 7.70. The molecule has 0 radical (unpaired) electrons. The quantitative estimate of drug-likeness (QED) is 0.363. The van der Waals surface area contributed by atoms with Gasteiger partial charge in [-0.15, -0.1) is 10.2 Å². The van der Waals surface area contributed by atoms with Gasteiger partial charge >= 0.3 is 0 Å². The second kappa shape index (κ2) is 9.72. The molecule has 9 nitrogen and oxygen atoms in total. The Balaban J connectivity index is 1.76. The van der Waals surface area contributed by atoms with E-state index < -0.39 is 0 Å². The van der Waals surface area contributed by atoms with E-state index in [0.29, 0.717) is 39.5 Å². The third-order valence-corrected chi connectivity index (χ3v) is 5.70. The number of nitrogen functional groups attached to an aromatic ring is 1. The van der Waals surface area contributed by atoms with Crippen molar-refractivity contribution < 1.29 is 19.0 Å². The third kappa shape index (κ3) is 4.62. The zero-order chi connectivity index (χ0) is 21.7. The molecule has 3 N–H and O–H groups in total. The number of aromatic nitrogens is 3.